The van der Waals surface area contributed by atoms with Gasteiger partial charge in [0.25, 0.3) is 5.89 Å². The first-order valence-electron chi connectivity index (χ1n) is 10.1. The first-order valence-corrected chi connectivity index (χ1v) is 10.9. The van der Waals surface area contributed by atoms with E-state index in [1.165, 1.54) is 12.1 Å². The molecule has 1 aliphatic rings. The van der Waals surface area contributed by atoms with Gasteiger partial charge in [-0.3, -0.25) is 0 Å². The van der Waals surface area contributed by atoms with E-state index in [1.54, 1.807) is 31.4 Å². The number of nitrogens with zero attached hydrogens (tertiary/aromatic N) is 3. The Labute approximate surface area is 196 Å². The SMILES string of the molecule is COCCCN1C(=S)NC(c2ccc(F)cc2)C(c2nc(-c3ccc(Cl)cc3)no2)=C1C. The van der Waals surface area contributed by atoms with Gasteiger partial charge in [0.15, 0.2) is 5.11 Å². The molecule has 3 aromatic rings. The van der Waals surface area contributed by atoms with Crippen LogP contribution >= 0.6 is 23.8 Å². The number of hydrogen-bond donors (Lipinski definition) is 1. The molecular weight excluding hydrogens is 451 g/mol. The third-order valence-corrected chi connectivity index (χ3v) is 5.88. The fraction of sp³-hybridized carbons (Fsp3) is 0.261. The highest BCUT2D eigenvalue weighted by Crippen LogP contribution is 2.37. The van der Waals surface area contributed by atoms with Crippen molar-refractivity contribution in [2.24, 2.45) is 0 Å². The number of hydrogen-bond acceptors (Lipinski definition) is 5. The van der Waals surface area contributed by atoms with E-state index in [1.807, 2.05) is 24.0 Å². The van der Waals surface area contributed by atoms with Crippen molar-refractivity contribution in [3.8, 4) is 11.4 Å². The lowest BCUT2D eigenvalue weighted by atomic mass is 9.94. The van der Waals surface area contributed by atoms with Crippen molar-refractivity contribution < 1.29 is 13.7 Å². The third-order valence-electron chi connectivity index (χ3n) is 5.29. The summed E-state index contributed by atoms with van der Waals surface area (Å²) in [5, 5.41) is 8.73. The van der Waals surface area contributed by atoms with E-state index < -0.39 is 0 Å². The molecule has 0 saturated carbocycles. The lowest BCUT2D eigenvalue weighted by Crippen LogP contribution is -2.46. The predicted octanol–water partition coefficient (Wildman–Crippen LogP) is 5.23. The molecule has 1 atom stereocenters. The van der Waals surface area contributed by atoms with Crippen molar-refractivity contribution >= 4 is 34.5 Å². The van der Waals surface area contributed by atoms with Gasteiger partial charge in [0.1, 0.15) is 5.82 Å². The van der Waals surface area contributed by atoms with Gasteiger partial charge in [-0.1, -0.05) is 28.9 Å². The molecule has 166 valence electrons. The zero-order chi connectivity index (χ0) is 22.7. The fourth-order valence-electron chi connectivity index (χ4n) is 3.65. The summed E-state index contributed by atoms with van der Waals surface area (Å²) in [6.45, 7) is 3.26. The molecule has 1 aromatic heterocycles. The van der Waals surface area contributed by atoms with Gasteiger partial charge in [-0.15, -0.1) is 0 Å². The summed E-state index contributed by atoms with van der Waals surface area (Å²) in [5.74, 6) is 0.515. The number of halogens is 2. The lowest BCUT2D eigenvalue weighted by molar-refractivity contribution is 0.188. The second-order valence-electron chi connectivity index (χ2n) is 7.36. The minimum Gasteiger partial charge on any atom is -0.385 e. The molecule has 0 saturated heterocycles. The van der Waals surface area contributed by atoms with E-state index >= 15 is 0 Å². The van der Waals surface area contributed by atoms with E-state index in [9.17, 15) is 4.39 Å². The molecule has 0 amide bonds. The first-order chi connectivity index (χ1) is 15.5. The second-order valence-corrected chi connectivity index (χ2v) is 8.18. The molecule has 0 radical (unpaired) electrons. The minimum absolute atomic E-state index is 0.307. The molecule has 2 heterocycles. The molecule has 9 heteroatoms. The number of allylic oxidation sites excluding steroid dienone is 1. The molecule has 6 nitrogen and oxygen atoms in total. The number of ether oxygens (including phenoxy) is 1. The van der Waals surface area contributed by atoms with Gasteiger partial charge in [-0.25, -0.2) is 4.39 Å². The highest BCUT2D eigenvalue weighted by Gasteiger charge is 2.33. The Morgan fingerprint density at radius 3 is 2.59 bits per heavy atom. The van der Waals surface area contributed by atoms with E-state index in [0.29, 0.717) is 35.0 Å². The van der Waals surface area contributed by atoms with Gasteiger partial charge in [0.05, 0.1) is 11.6 Å². The third kappa shape index (κ3) is 4.67. The van der Waals surface area contributed by atoms with Crippen molar-refractivity contribution in [3.63, 3.8) is 0 Å². The Kier molecular flexibility index (Phi) is 6.83. The molecule has 0 aliphatic carbocycles. The molecule has 0 bridgehead atoms. The van der Waals surface area contributed by atoms with Crippen LogP contribution in [-0.4, -0.2) is 40.4 Å². The summed E-state index contributed by atoms with van der Waals surface area (Å²) < 4.78 is 24.4. The van der Waals surface area contributed by atoms with Crippen molar-refractivity contribution in [2.45, 2.75) is 19.4 Å². The maximum atomic E-state index is 13.6. The number of rotatable bonds is 7. The van der Waals surface area contributed by atoms with Crippen molar-refractivity contribution in [1.29, 1.82) is 0 Å². The summed E-state index contributed by atoms with van der Waals surface area (Å²) >= 11 is 11.6. The minimum atomic E-state index is -0.361. The van der Waals surface area contributed by atoms with Gasteiger partial charge in [-0.05, 0) is 67.5 Å². The standard InChI is InChI=1S/C23H22ClFN4O2S/c1-14-19(22-27-21(28-31-22)16-4-8-17(24)9-5-16)20(15-6-10-18(25)11-7-15)26-23(32)29(14)12-3-13-30-2/h4-11,20H,3,12-13H2,1-2H3,(H,26,32). The zero-order valence-corrected chi connectivity index (χ0v) is 19.2. The topological polar surface area (TPSA) is 63.4 Å². The van der Waals surface area contributed by atoms with Gasteiger partial charge < -0.3 is 19.5 Å². The summed E-state index contributed by atoms with van der Waals surface area (Å²) in [5.41, 5.74) is 3.31. The summed E-state index contributed by atoms with van der Waals surface area (Å²) in [6, 6.07) is 13.1. The fourth-order valence-corrected chi connectivity index (χ4v) is 4.12. The second kappa shape index (κ2) is 9.77. The molecular formula is C23H22ClFN4O2S. The Bertz CT molecular complexity index is 1130. The average Bonchev–Trinajstić information content (AvgIpc) is 3.26. The smallest absolute Gasteiger partial charge is 0.258 e. The van der Waals surface area contributed by atoms with E-state index in [2.05, 4.69) is 15.5 Å². The molecule has 4 rings (SSSR count). The van der Waals surface area contributed by atoms with Gasteiger partial charge >= 0.3 is 0 Å². The lowest BCUT2D eigenvalue weighted by Gasteiger charge is -2.37. The number of thiocarbonyl (C=S) groups is 1. The molecule has 2 aromatic carbocycles. The highest BCUT2D eigenvalue weighted by atomic mass is 35.5. The van der Waals surface area contributed by atoms with Gasteiger partial charge in [0, 0.05) is 36.5 Å². The Balaban J connectivity index is 1.76. The van der Waals surface area contributed by atoms with Crippen LogP contribution in [0.15, 0.2) is 58.8 Å². The monoisotopic (exact) mass is 472 g/mol. The zero-order valence-electron chi connectivity index (χ0n) is 17.6. The summed E-state index contributed by atoms with van der Waals surface area (Å²) in [4.78, 5) is 6.64. The van der Waals surface area contributed by atoms with Crippen molar-refractivity contribution in [1.82, 2.24) is 20.4 Å². The van der Waals surface area contributed by atoms with Gasteiger partial charge in [0.2, 0.25) is 5.82 Å². The Morgan fingerprint density at radius 2 is 1.91 bits per heavy atom. The molecule has 0 spiro atoms. The van der Waals surface area contributed by atoms with E-state index in [-0.39, 0.29) is 11.9 Å². The van der Waals surface area contributed by atoms with Crippen LogP contribution in [0.3, 0.4) is 0 Å². The number of aromatic nitrogens is 2. The van der Waals surface area contributed by atoms with Gasteiger partial charge in [-0.2, -0.15) is 4.98 Å². The Morgan fingerprint density at radius 1 is 1.19 bits per heavy atom. The van der Waals surface area contributed by atoms with Crippen LogP contribution in [0.25, 0.3) is 17.0 Å². The van der Waals surface area contributed by atoms with E-state index in [0.717, 1.165) is 28.8 Å². The molecule has 32 heavy (non-hydrogen) atoms. The number of benzene rings is 2. The predicted molar refractivity (Wildman–Crippen MR) is 125 cm³/mol. The maximum absolute atomic E-state index is 13.6. The number of nitrogens with one attached hydrogen (secondary N) is 1. The van der Waals surface area contributed by atoms with Crippen LogP contribution in [0.1, 0.15) is 30.8 Å². The molecule has 1 N–H and O–H groups in total. The van der Waals surface area contributed by atoms with Crippen LogP contribution < -0.4 is 5.32 Å². The van der Waals surface area contributed by atoms with Crippen molar-refractivity contribution in [3.05, 3.63) is 76.5 Å². The van der Waals surface area contributed by atoms with Crippen LogP contribution in [-0.2, 0) is 4.74 Å². The number of methoxy groups -OCH3 is 1. The summed E-state index contributed by atoms with van der Waals surface area (Å²) in [7, 11) is 1.67. The summed E-state index contributed by atoms with van der Waals surface area (Å²) in [6.07, 6.45) is 0.796. The Hall–Kier alpha value is -2.81. The average molecular weight is 473 g/mol. The largest absolute Gasteiger partial charge is 0.385 e. The van der Waals surface area contributed by atoms with E-state index in [4.69, 9.17) is 33.1 Å². The molecule has 1 aliphatic heterocycles. The van der Waals surface area contributed by atoms with Crippen LogP contribution in [0.5, 0.6) is 0 Å². The quantitative estimate of drug-likeness (QED) is 0.373. The van der Waals surface area contributed by atoms with Crippen molar-refractivity contribution in [2.75, 3.05) is 20.3 Å². The highest BCUT2D eigenvalue weighted by molar-refractivity contribution is 7.80. The van der Waals surface area contributed by atoms with Crippen LogP contribution in [0, 0.1) is 5.82 Å². The van der Waals surface area contributed by atoms with Crippen LogP contribution in [0.4, 0.5) is 4.39 Å². The maximum Gasteiger partial charge on any atom is 0.258 e. The molecule has 1 unspecified atom stereocenters. The van der Waals surface area contributed by atoms with Crippen LogP contribution in [0.2, 0.25) is 5.02 Å². The first kappa shape index (κ1) is 22.4. The molecule has 0 fully saturated rings. The normalized spacial score (nSPS) is 16.4.